The third kappa shape index (κ3) is 2.95. The van der Waals surface area contributed by atoms with Crippen LogP contribution in [0.3, 0.4) is 0 Å². The van der Waals surface area contributed by atoms with Crippen LogP contribution in [0.1, 0.15) is 12.0 Å². The zero-order valence-corrected chi connectivity index (χ0v) is 11.4. The molecule has 2 aromatic rings. The molecule has 0 aliphatic rings. The largest absolute Gasteiger partial charge is 0.423 e. The molecular formula is C12H12BrN3O2. The second kappa shape index (κ2) is 5.77. The second-order valence-electron chi connectivity index (χ2n) is 3.76. The summed E-state index contributed by atoms with van der Waals surface area (Å²) in [6.07, 6.45) is 1.71. The average molecular weight is 310 g/mol. The van der Waals surface area contributed by atoms with Crippen molar-refractivity contribution < 1.29 is 9.21 Å². The summed E-state index contributed by atoms with van der Waals surface area (Å²) in [5.41, 5.74) is 2.53. The number of amides is 1. The van der Waals surface area contributed by atoms with Crippen molar-refractivity contribution in [3.8, 4) is 11.5 Å². The Morgan fingerprint density at radius 2 is 2.33 bits per heavy atom. The Morgan fingerprint density at radius 1 is 1.50 bits per heavy atom. The summed E-state index contributed by atoms with van der Waals surface area (Å²) in [6, 6.07) is 5.61. The molecule has 5 nitrogen and oxygen atoms in total. The van der Waals surface area contributed by atoms with Crippen LogP contribution in [-0.2, 0) is 4.79 Å². The van der Waals surface area contributed by atoms with Gasteiger partial charge in [-0.05, 0) is 24.6 Å². The number of aromatic nitrogens is 2. The van der Waals surface area contributed by atoms with Gasteiger partial charge in [-0.2, -0.15) is 0 Å². The first-order valence-corrected chi connectivity index (χ1v) is 6.56. The SMILES string of the molecule is Cc1ccc(-c2nnco2)cc1NC(=O)CCBr. The molecule has 1 amide bonds. The van der Waals surface area contributed by atoms with E-state index in [0.29, 0.717) is 17.6 Å². The molecule has 18 heavy (non-hydrogen) atoms. The van der Waals surface area contributed by atoms with Crippen molar-refractivity contribution in [1.82, 2.24) is 10.2 Å². The number of alkyl halides is 1. The van der Waals surface area contributed by atoms with E-state index in [4.69, 9.17) is 4.42 Å². The Balaban J connectivity index is 2.24. The molecule has 0 saturated carbocycles. The van der Waals surface area contributed by atoms with Crippen molar-refractivity contribution in [2.24, 2.45) is 0 Å². The molecule has 0 radical (unpaired) electrons. The van der Waals surface area contributed by atoms with Crippen LogP contribution >= 0.6 is 15.9 Å². The van der Waals surface area contributed by atoms with E-state index in [1.165, 1.54) is 6.39 Å². The predicted molar refractivity (Wildman–Crippen MR) is 71.5 cm³/mol. The number of carbonyl (C=O) groups excluding carboxylic acids is 1. The van der Waals surface area contributed by atoms with Gasteiger partial charge in [0.15, 0.2) is 0 Å². The van der Waals surface area contributed by atoms with Crippen LogP contribution in [0.5, 0.6) is 0 Å². The van der Waals surface area contributed by atoms with Gasteiger partial charge in [0.25, 0.3) is 0 Å². The Labute approximate surface area is 113 Å². The maximum absolute atomic E-state index is 11.6. The summed E-state index contributed by atoms with van der Waals surface area (Å²) < 4.78 is 5.12. The van der Waals surface area contributed by atoms with Crippen LogP contribution in [0.15, 0.2) is 29.0 Å². The maximum Gasteiger partial charge on any atom is 0.247 e. The molecule has 0 unspecified atom stereocenters. The van der Waals surface area contributed by atoms with Gasteiger partial charge in [-0.25, -0.2) is 0 Å². The highest BCUT2D eigenvalue weighted by Crippen LogP contribution is 2.23. The number of rotatable bonds is 4. The summed E-state index contributed by atoms with van der Waals surface area (Å²) in [7, 11) is 0. The van der Waals surface area contributed by atoms with E-state index < -0.39 is 0 Å². The predicted octanol–water partition coefficient (Wildman–Crippen LogP) is 2.77. The first kappa shape index (κ1) is 12.8. The number of benzene rings is 1. The molecule has 0 fully saturated rings. The molecule has 0 aliphatic carbocycles. The standard InChI is InChI=1S/C12H12BrN3O2/c1-8-2-3-9(12-16-14-7-18-12)6-10(8)15-11(17)4-5-13/h2-3,6-7H,4-5H2,1H3,(H,15,17). The molecule has 1 aromatic heterocycles. The van der Waals surface area contributed by atoms with Gasteiger partial charge in [-0.3, -0.25) is 4.79 Å². The van der Waals surface area contributed by atoms with E-state index in [2.05, 4.69) is 31.4 Å². The zero-order valence-electron chi connectivity index (χ0n) is 9.81. The zero-order chi connectivity index (χ0) is 13.0. The van der Waals surface area contributed by atoms with Gasteiger partial charge in [0.2, 0.25) is 18.2 Å². The fourth-order valence-corrected chi connectivity index (χ4v) is 1.85. The molecule has 0 atom stereocenters. The highest BCUT2D eigenvalue weighted by Gasteiger charge is 2.08. The molecular weight excluding hydrogens is 298 g/mol. The van der Waals surface area contributed by atoms with Gasteiger partial charge >= 0.3 is 0 Å². The number of aryl methyl sites for hydroxylation is 1. The smallest absolute Gasteiger partial charge is 0.247 e. The van der Waals surface area contributed by atoms with Crippen molar-refractivity contribution in [3.63, 3.8) is 0 Å². The molecule has 2 rings (SSSR count). The van der Waals surface area contributed by atoms with Gasteiger partial charge in [0.1, 0.15) is 0 Å². The van der Waals surface area contributed by atoms with E-state index >= 15 is 0 Å². The number of nitrogens with zero attached hydrogens (tertiary/aromatic N) is 2. The molecule has 1 aromatic carbocycles. The summed E-state index contributed by atoms with van der Waals surface area (Å²) >= 11 is 3.23. The number of carbonyl (C=O) groups is 1. The highest BCUT2D eigenvalue weighted by molar-refractivity contribution is 9.09. The van der Waals surface area contributed by atoms with Crippen LogP contribution < -0.4 is 5.32 Å². The van der Waals surface area contributed by atoms with Gasteiger partial charge in [-0.15, -0.1) is 10.2 Å². The molecule has 0 aliphatic heterocycles. The fourth-order valence-electron chi connectivity index (χ4n) is 1.49. The van der Waals surface area contributed by atoms with Crippen LogP contribution in [0.25, 0.3) is 11.5 Å². The van der Waals surface area contributed by atoms with Gasteiger partial charge in [0, 0.05) is 23.0 Å². The third-order valence-corrected chi connectivity index (χ3v) is 2.84. The molecule has 94 valence electrons. The molecule has 0 spiro atoms. The van der Waals surface area contributed by atoms with E-state index in [0.717, 1.165) is 16.8 Å². The molecule has 0 saturated heterocycles. The molecule has 6 heteroatoms. The minimum atomic E-state index is -0.0299. The number of halogens is 1. The summed E-state index contributed by atoms with van der Waals surface area (Å²) in [5, 5.41) is 11.0. The van der Waals surface area contributed by atoms with E-state index in [9.17, 15) is 4.79 Å². The Bertz CT molecular complexity index is 540. The average Bonchev–Trinajstić information content (AvgIpc) is 2.86. The first-order chi connectivity index (χ1) is 8.70. The lowest BCUT2D eigenvalue weighted by Gasteiger charge is -2.08. The quantitative estimate of drug-likeness (QED) is 0.882. The van der Waals surface area contributed by atoms with E-state index in [1.807, 2.05) is 25.1 Å². The van der Waals surface area contributed by atoms with Crippen LogP contribution in [0.2, 0.25) is 0 Å². The lowest BCUT2D eigenvalue weighted by atomic mass is 10.1. The van der Waals surface area contributed by atoms with Crippen LogP contribution in [-0.4, -0.2) is 21.4 Å². The van der Waals surface area contributed by atoms with Crippen LogP contribution in [0.4, 0.5) is 5.69 Å². The number of anilines is 1. The van der Waals surface area contributed by atoms with Crippen molar-refractivity contribution in [3.05, 3.63) is 30.2 Å². The highest BCUT2D eigenvalue weighted by atomic mass is 79.9. The monoisotopic (exact) mass is 309 g/mol. The maximum atomic E-state index is 11.6. The number of nitrogens with one attached hydrogen (secondary N) is 1. The summed E-state index contributed by atoms with van der Waals surface area (Å²) in [6.45, 7) is 1.93. The van der Waals surface area contributed by atoms with Gasteiger partial charge < -0.3 is 9.73 Å². The molecule has 1 N–H and O–H groups in total. The fraction of sp³-hybridized carbons (Fsp3) is 0.250. The lowest BCUT2D eigenvalue weighted by molar-refractivity contribution is -0.115. The Morgan fingerprint density at radius 3 is 3.00 bits per heavy atom. The van der Waals surface area contributed by atoms with Crippen molar-refractivity contribution >= 4 is 27.5 Å². The van der Waals surface area contributed by atoms with Crippen LogP contribution in [0, 0.1) is 6.92 Å². The number of hydrogen-bond acceptors (Lipinski definition) is 4. The molecule has 1 heterocycles. The summed E-state index contributed by atoms with van der Waals surface area (Å²) in [5.74, 6) is 0.406. The first-order valence-electron chi connectivity index (χ1n) is 5.43. The molecule has 0 bridgehead atoms. The van der Waals surface area contributed by atoms with Crippen molar-refractivity contribution in [1.29, 1.82) is 0 Å². The summed E-state index contributed by atoms with van der Waals surface area (Å²) in [4.78, 5) is 11.6. The number of hydrogen-bond donors (Lipinski definition) is 1. The Hall–Kier alpha value is -1.69. The van der Waals surface area contributed by atoms with Crippen molar-refractivity contribution in [2.45, 2.75) is 13.3 Å². The van der Waals surface area contributed by atoms with Gasteiger partial charge in [0.05, 0.1) is 0 Å². The minimum absolute atomic E-state index is 0.0299. The van der Waals surface area contributed by atoms with E-state index in [1.54, 1.807) is 0 Å². The second-order valence-corrected chi connectivity index (χ2v) is 4.55. The van der Waals surface area contributed by atoms with Gasteiger partial charge in [-0.1, -0.05) is 22.0 Å². The third-order valence-electron chi connectivity index (χ3n) is 2.44. The van der Waals surface area contributed by atoms with E-state index in [-0.39, 0.29) is 5.91 Å². The lowest BCUT2D eigenvalue weighted by Crippen LogP contribution is -2.12. The normalized spacial score (nSPS) is 10.3. The van der Waals surface area contributed by atoms with Crippen molar-refractivity contribution in [2.75, 3.05) is 10.6 Å². The topological polar surface area (TPSA) is 68.0 Å². The Kier molecular flexibility index (Phi) is 4.09. The minimum Gasteiger partial charge on any atom is -0.423 e.